The fourth-order valence-electron chi connectivity index (χ4n) is 3.86. The van der Waals surface area contributed by atoms with E-state index in [9.17, 15) is 5.11 Å². The highest BCUT2D eigenvalue weighted by Crippen LogP contribution is 2.25. The highest BCUT2D eigenvalue weighted by molar-refractivity contribution is 5.85. The number of hydrogen-bond acceptors (Lipinski definition) is 2. The summed E-state index contributed by atoms with van der Waals surface area (Å²) in [6, 6.07) is 16.9. The Labute approximate surface area is 205 Å². The van der Waals surface area contributed by atoms with Crippen LogP contribution in [0.3, 0.4) is 0 Å². The molecule has 0 aliphatic heterocycles. The van der Waals surface area contributed by atoms with Crippen molar-refractivity contribution < 1.29 is 9.84 Å². The molecule has 1 heterocycles. The molecule has 0 spiro atoms. The number of nitrogens with zero attached hydrogens (tertiary/aromatic N) is 1. The van der Waals surface area contributed by atoms with Gasteiger partial charge in [0.15, 0.2) is 0 Å². The second kappa shape index (κ2) is 13.9. The molecule has 0 unspecified atom stereocenters. The van der Waals surface area contributed by atoms with Gasteiger partial charge in [0.1, 0.15) is 0 Å². The second-order valence-corrected chi connectivity index (χ2v) is 8.35. The summed E-state index contributed by atoms with van der Waals surface area (Å²) in [5, 5.41) is 10.6. The molecule has 4 rings (SSSR count). The molecule has 34 heavy (non-hydrogen) atoms. The maximum atomic E-state index is 9.41. The minimum absolute atomic E-state index is 0.194. The average molecular weight is 458 g/mol. The molecule has 0 radical (unpaired) electrons. The highest BCUT2D eigenvalue weighted by Gasteiger charge is 2.09. The van der Waals surface area contributed by atoms with Crippen LogP contribution in [0.25, 0.3) is 17.0 Å². The molecule has 1 aromatic heterocycles. The molecule has 3 nitrogen and oxygen atoms in total. The van der Waals surface area contributed by atoms with Crippen LogP contribution in [-0.4, -0.2) is 16.3 Å². The molecule has 0 saturated heterocycles. The Morgan fingerprint density at radius 1 is 1.09 bits per heavy atom. The van der Waals surface area contributed by atoms with Gasteiger partial charge in [-0.05, 0) is 75.9 Å². The molecular weight excluding hydrogens is 418 g/mol. The standard InChI is InChI=1S/C17H21NO2.C10H10.C4H8/c1-4-20-10-6-9-18-13(2)11-16-15(12-14(3)19)7-5-8-17(16)18;1-8-6-9-4-2-3-5-10(9)7-8;1-3-4-2/h5-8,10-11,19H,3-4,9,12H2,1-2H3;2-6H,7H2,1H3;3-4H,1-2H3/b10-6+;;4-3-. The summed E-state index contributed by atoms with van der Waals surface area (Å²) in [5.41, 5.74) is 7.81. The lowest BCUT2D eigenvalue weighted by molar-refractivity contribution is 0.268. The molecule has 0 amide bonds. The molecule has 1 aliphatic rings. The molecule has 0 saturated carbocycles. The summed E-state index contributed by atoms with van der Waals surface area (Å²) >= 11 is 0. The van der Waals surface area contributed by atoms with Gasteiger partial charge in [0.25, 0.3) is 0 Å². The Morgan fingerprint density at radius 2 is 1.82 bits per heavy atom. The van der Waals surface area contributed by atoms with Gasteiger partial charge in [0, 0.05) is 29.6 Å². The van der Waals surface area contributed by atoms with E-state index in [0.717, 1.165) is 18.5 Å². The van der Waals surface area contributed by atoms with E-state index >= 15 is 0 Å². The lowest BCUT2D eigenvalue weighted by Crippen LogP contribution is -1.97. The van der Waals surface area contributed by atoms with Crippen LogP contribution < -0.4 is 0 Å². The quantitative estimate of drug-likeness (QED) is 0.298. The fraction of sp³-hybridized carbons (Fsp3) is 0.290. The van der Waals surface area contributed by atoms with Gasteiger partial charge in [0.05, 0.1) is 18.6 Å². The first-order chi connectivity index (χ1) is 16.4. The van der Waals surface area contributed by atoms with Gasteiger partial charge in [-0.1, -0.05) is 66.8 Å². The third kappa shape index (κ3) is 7.84. The van der Waals surface area contributed by atoms with Gasteiger partial charge in [-0.25, -0.2) is 0 Å². The fourth-order valence-corrected chi connectivity index (χ4v) is 3.86. The average Bonchev–Trinajstić information content (AvgIpc) is 3.36. The van der Waals surface area contributed by atoms with Crippen molar-refractivity contribution in [3.05, 3.63) is 113 Å². The van der Waals surface area contributed by atoms with Crippen LogP contribution in [0.2, 0.25) is 0 Å². The summed E-state index contributed by atoms with van der Waals surface area (Å²) in [7, 11) is 0. The first kappa shape index (κ1) is 26.8. The Bertz CT molecular complexity index is 1160. The first-order valence-electron chi connectivity index (χ1n) is 11.9. The largest absolute Gasteiger partial charge is 0.513 e. The lowest BCUT2D eigenvalue weighted by atomic mass is 10.1. The number of ether oxygens (including phenoxy) is 1. The molecule has 1 aliphatic carbocycles. The predicted molar refractivity (Wildman–Crippen MR) is 147 cm³/mol. The van der Waals surface area contributed by atoms with Gasteiger partial charge in [-0.3, -0.25) is 0 Å². The number of fused-ring (bicyclic) bond motifs is 2. The smallest absolute Gasteiger partial charge is 0.0895 e. The molecule has 1 N–H and O–H groups in total. The van der Waals surface area contributed by atoms with E-state index in [1.165, 1.54) is 33.3 Å². The van der Waals surface area contributed by atoms with E-state index in [-0.39, 0.29) is 5.76 Å². The van der Waals surface area contributed by atoms with Gasteiger partial charge < -0.3 is 14.4 Å². The Morgan fingerprint density at radius 3 is 2.47 bits per heavy atom. The summed E-state index contributed by atoms with van der Waals surface area (Å²) in [6.07, 6.45) is 11.7. The van der Waals surface area contributed by atoms with Crippen LogP contribution >= 0.6 is 0 Å². The molecule has 3 heteroatoms. The van der Waals surface area contributed by atoms with E-state index in [1.54, 1.807) is 6.26 Å². The van der Waals surface area contributed by atoms with Crippen molar-refractivity contribution in [1.82, 2.24) is 4.57 Å². The van der Waals surface area contributed by atoms with Crippen molar-refractivity contribution in [3.63, 3.8) is 0 Å². The number of aliphatic hydroxyl groups is 1. The maximum Gasteiger partial charge on any atom is 0.0895 e. The number of allylic oxidation sites excluding steroid dienone is 5. The van der Waals surface area contributed by atoms with Crippen molar-refractivity contribution in [2.45, 2.75) is 54.0 Å². The van der Waals surface area contributed by atoms with Crippen LogP contribution in [0.1, 0.15) is 50.1 Å². The molecule has 0 fully saturated rings. The van der Waals surface area contributed by atoms with Crippen molar-refractivity contribution in [1.29, 1.82) is 0 Å². The monoisotopic (exact) mass is 457 g/mol. The van der Waals surface area contributed by atoms with Crippen LogP contribution in [0.15, 0.2) is 90.9 Å². The molecule has 0 atom stereocenters. The number of aromatic nitrogens is 1. The van der Waals surface area contributed by atoms with E-state index in [4.69, 9.17) is 4.74 Å². The summed E-state index contributed by atoms with van der Waals surface area (Å²) in [4.78, 5) is 0. The zero-order valence-corrected chi connectivity index (χ0v) is 21.3. The van der Waals surface area contributed by atoms with Gasteiger partial charge >= 0.3 is 0 Å². The van der Waals surface area contributed by atoms with Crippen LogP contribution in [0, 0.1) is 6.92 Å². The third-order valence-electron chi connectivity index (χ3n) is 5.54. The van der Waals surface area contributed by atoms with Crippen molar-refractivity contribution in [2.24, 2.45) is 0 Å². The minimum Gasteiger partial charge on any atom is -0.513 e. The van der Waals surface area contributed by atoms with E-state index in [1.807, 2.05) is 51.1 Å². The van der Waals surface area contributed by atoms with Crippen molar-refractivity contribution >= 4 is 17.0 Å². The van der Waals surface area contributed by atoms with E-state index in [0.29, 0.717) is 13.0 Å². The van der Waals surface area contributed by atoms with Gasteiger partial charge in [-0.2, -0.15) is 0 Å². The third-order valence-corrected chi connectivity index (χ3v) is 5.54. The number of aliphatic hydroxyl groups excluding tert-OH is 1. The van der Waals surface area contributed by atoms with Crippen molar-refractivity contribution in [3.8, 4) is 0 Å². The summed E-state index contributed by atoms with van der Waals surface area (Å²) in [5.74, 6) is 0.194. The second-order valence-electron chi connectivity index (χ2n) is 8.35. The van der Waals surface area contributed by atoms with Crippen LogP contribution in [0.5, 0.6) is 0 Å². The molecule has 3 aromatic rings. The summed E-state index contributed by atoms with van der Waals surface area (Å²) in [6.45, 7) is 15.3. The van der Waals surface area contributed by atoms with Crippen LogP contribution in [0.4, 0.5) is 0 Å². The zero-order valence-electron chi connectivity index (χ0n) is 21.3. The Balaban J connectivity index is 0.000000240. The number of benzene rings is 2. The van der Waals surface area contributed by atoms with Crippen LogP contribution in [-0.2, 0) is 24.1 Å². The Hall–Kier alpha value is -3.46. The minimum atomic E-state index is 0.194. The molecule has 180 valence electrons. The molecule has 2 aromatic carbocycles. The number of rotatable bonds is 6. The maximum absolute atomic E-state index is 9.41. The van der Waals surface area contributed by atoms with Gasteiger partial charge in [0.2, 0.25) is 0 Å². The van der Waals surface area contributed by atoms with Gasteiger partial charge in [-0.15, -0.1) is 0 Å². The lowest BCUT2D eigenvalue weighted by Gasteiger charge is -2.06. The first-order valence-corrected chi connectivity index (χ1v) is 11.9. The normalized spacial score (nSPS) is 12.1. The Kier molecular flexibility index (Phi) is 11.0. The van der Waals surface area contributed by atoms with E-state index < -0.39 is 0 Å². The topological polar surface area (TPSA) is 34.4 Å². The molecular formula is C31H39NO2. The van der Waals surface area contributed by atoms with E-state index in [2.05, 4.69) is 67.5 Å². The number of aryl methyl sites for hydroxylation is 1. The SMILES string of the molecule is C/C=C\C.C=C(O)Cc1cccc2c1cc(C)n2C/C=C/OCC.CC1=Cc2ccccc2C1. The number of hydrogen-bond donors (Lipinski definition) is 1. The highest BCUT2D eigenvalue weighted by atomic mass is 16.5. The van der Waals surface area contributed by atoms with Crippen molar-refractivity contribution in [2.75, 3.05) is 6.61 Å². The molecule has 0 bridgehead atoms. The zero-order chi connectivity index (χ0) is 24.9. The summed E-state index contributed by atoms with van der Waals surface area (Å²) < 4.78 is 7.45. The predicted octanol–water partition coefficient (Wildman–Crippen LogP) is 8.34.